The Morgan fingerprint density at radius 3 is 2.93 bits per heavy atom. The number of amides is 1. The van der Waals surface area contributed by atoms with Crippen LogP contribution >= 0.6 is 23.1 Å². The van der Waals surface area contributed by atoms with Crippen LogP contribution in [0.15, 0.2) is 45.8 Å². The Morgan fingerprint density at radius 1 is 1.30 bits per heavy atom. The Bertz CT molecular complexity index is 1340. The lowest BCUT2D eigenvalue weighted by atomic mass is 10.2. The average Bonchev–Trinajstić information content (AvgIpc) is 3.41. The summed E-state index contributed by atoms with van der Waals surface area (Å²) in [5.74, 6) is 0.460. The van der Waals surface area contributed by atoms with Crippen LogP contribution in [0, 0.1) is 13.8 Å². The average molecular weight is 439 g/mol. The molecule has 0 saturated heterocycles. The molecule has 4 aromatic rings. The zero-order valence-corrected chi connectivity index (χ0v) is 18.0. The summed E-state index contributed by atoms with van der Waals surface area (Å²) in [6, 6.07) is 7.64. The number of carbonyl (C=O) groups is 1. The summed E-state index contributed by atoms with van der Waals surface area (Å²) in [6.07, 6.45) is 1.75. The summed E-state index contributed by atoms with van der Waals surface area (Å²) in [7, 11) is 0. The van der Waals surface area contributed by atoms with Gasteiger partial charge in [-0.05, 0) is 31.5 Å². The summed E-state index contributed by atoms with van der Waals surface area (Å²) in [4.78, 5) is 34.6. The zero-order valence-electron chi connectivity index (χ0n) is 16.3. The maximum Gasteiger partial charge on any atom is 0.265 e. The number of fused-ring (bicyclic) bond motifs is 2. The topological polar surface area (TPSA) is 94.7 Å². The minimum Gasteiger partial charge on any atom is -0.302 e. The number of aryl methyl sites for hydroxylation is 2. The third-order valence-corrected chi connectivity index (χ3v) is 6.88. The van der Waals surface area contributed by atoms with Crippen LogP contribution in [-0.4, -0.2) is 36.0 Å². The highest BCUT2D eigenvalue weighted by Gasteiger charge is 2.29. The second kappa shape index (κ2) is 7.37. The predicted octanol–water partition coefficient (Wildman–Crippen LogP) is 3.33. The first-order valence-corrected chi connectivity index (χ1v) is 11.3. The van der Waals surface area contributed by atoms with E-state index < -0.39 is 0 Å². The van der Waals surface area contributed by atoms with Crippen molar-refractivity contribution >= 4 is 45.2 Å². The minimum atomic E-state index is -0.252. The second-order valence-electron chi connectivity index (χ2n) is 7.21. The number of thiazole rings is 1. The molecule has 1 aliphatic rings. The van der Waals surface area contributed by atoms with Crippen LogP contribution in [0.25, 0.3) is 16.7 Å². The molecule has 30 heavy (non-hydrogen) atoms. The molecule has 0 saturated carbocycles. The Kier molecular flexibility index (Phi) is 4.67. The SMILES string of the molecule is Cc1cccc(-n2ncc3c(=O)n4c(nc32)SCC4CC(=O)Nc2nc(C)cs2)c1. The minimum absolute atomic E-state index is 0.162. The van der Waals surface area contributed by atoms with Gasteiger partial charge in [0.05, 0.1) is 23.6 Å². The standard InChI is InChI=1S/C20H18N6O2S2/c1-11-4-3-5-13(6-11)26-17-15(8-21-26)18(28)25-14(10-30-20(25)24-17)7-16(27)23-19-22-12(2)9-29-19/h3-6,8-9,14H,7,10H2,1-2H3,(H,22,23,27). The highest BCUT2D eigenvalue weighted by molar-refractivity contribution is 7.99. The van der Waals surface area contributed by atoms with E-state index in [-0.39, 0.29) is 23.9 Å². The Morgan fingerprint density at radius 2 is 2.17 bits per heavy atom. The van der Waals surface area contributed by atoms with E-state index in [1.807, 2.05) is 43.5 Å². The molecular formula is C20H18N6O2S2. The molecular weight excluding hydrogens is 420 g/mol. The molecule has 0 fully saturated rings. The van der Waals surface area contributed by atoms with Gasteiger partial charge in [-0.25, -0.2) is 14.6 Å². The van der Waals surface area contributed by atoms with Crippen LogP contribution in [0.2, 0.25) is 0 Å². The van der Waals surface area contributed by atoms with Crippen LogP contribution in [-0.2, 0) is 4.79 Å². The number of anilines is 1. The van der Waals surface area contributed by atoms with Crippen molar-refractivity contribution in [3.8, 4) is 5.69 Å². The van der Waals surface area contributed by atoms with Gasteiger partial charge in [0, 0.05) is 17.6 Å². The lowest BCUT2D eigenvalue weighted by Gasteiger charge is -2.13. The summed E-state index contributed by atoms with van der Waals surface area (Å²) in [5.41, 5.74) is 3.20. The summed E-state index contributed by atoms with van der Waals surface area (Å²) in [6.45, 7) is 3.89. The molecule has 1 unspecified atom stereocenters. The van der Waals surface area contributed by atoms with Gasteiger partial charge < -0.3 is 5.32 Å². The number of nitrogens with one attached hydrogen (secondary N) is 1. The molecule has 3 aromatic heterocycles. The van der Waals surface area contributed by atoms with E-state index in [0.29, 0.717) is 27.1 Å². The monoisotopic (exact) mass is 438 g/mol. The number of aromatic nitrogens is 5. The second-order valence-corrected chi connectivity index (χ2v) is 9.06. The fraction of sp³-hybridized carbons (Fsp3) is 0.250. The molecule has 5 rings (SSSR count). The van der Waals surface area contributed by atoms with E-state index in [2.05, 4.69) is 15.4 Å². The first kappa shape index (κ1) is 19.0. The van der Waals surface area contributed by atoms with Crippen molar-refractivity contribution in [2.75, 3.05) is 11.1 Å². The van der Waals surface area contributed by atoms with Crippen LogP contribution in [0.5, 0.6) is 0 Å². The lowest BCUT2D eigenvalue weighted by molar-refractivity contribution is -0.116. The van der Waals surface area contributed by atoms with Gasteiger partial charge in [-0.2, -0.15) is 5.10 Å². The molecule has 1 N–H and O–H groups in total. The van der Waals surface area contributed by atoms with Crippen molar-refractivity contribution in [3.05, 3.63) is 57.5 Å². The number of hydrogen-bond acceptors (Lipinski definition) is 7. The molecule has 1 amide bonds. The van der Waals surface area contributed by atoms with Crippen molar-refractivity contribution in [1.82, 2.24) is 24.3 Å². The maximum absolute atomic E-state index is 13.2. The molecule has 4 heterocycles. The highest BCUT2D eigenvalue weighted by atomic mass is 32.2. The molecule has 152 valence electrons. The maximum atomic E-state index is 13.2. The molecule has 0 bridgehead atoms. The van der Waals surface area contributed by atoms with E-state index in [1.54, 1.807) is 15.4 Å². The first-order chi connectivity index (χ1) is 14.5. The molecule has 1 atom stereocenters. The van der Waals surface area contributed by atoms with E-state index in [9.17, 15) is 9.59 Å². The number of hydrogen-bond donors (Lipinski definition) is 1. The van der Waals surface area contributed by atoms with Crippen molar-refractivity contribution < 1.29 is 4.79 Å². The van der Waals surface area contributed by atoms with Gasteiger partial charge in [-0.3, -0.25) is 14.2 Å². The van der Waals surface area contributed by atoms with E-state index in [4.69, 9.17) is 4.98 Å². The van der Waals surface area contributed by atoms with Crippen LogP contribution in [0.3, 0.4) is 0 Å². The van der Waals surface area contributed by atoms with Crippen molar-refractivity contribution in [2.45, 2.75) is 31.5 Å². The van der Waals surface area contributed by atoms with E-state index in [1.165, 1.54) is 23.1 Å². The van der Waals surface area contributed by atoms with Gasteiger partial charge in [-0.15, -0.1) is 11.3 Å². The third kappa shape index (κ3) is 3.31. The van der Waals surface area contributed by atoms with Crippen molar-refractivity contribution in [2.24, 2.45) is 0 Å². The van der Waals surface area contributed by atoms with Gasteiger partial charge in [0.25, 0.3) is 5.56 Å². The largest absolute Gasteiger partial charge is 0.302 e. The molecule has 0 spiro atoms. The third-order valence-electron chi connectivity index (χ3n) is 4.90. The highest BCUT2D eigenvalue weighted by Crippen LogP contribution is 2.33. The van der Waals surface area contributed by atoms with E-state index in [0.717, 1.165) is 16.9 Å². The van der Waals surface area contributed by atoms with Gasteiger partial charge in [0.2, 0.25) is 5.91 Å². The van der Waals surface area contributed by atoms with Crippen LogP contribution in [0.1, 0.15) is 23.7 Å². The molecule has 0 radical (unpaired) electrons. The van der Waals surface area contributed by atoms with Crippen LogP contribution in [0.4, 0.5) is 5.13 Å². The van der Waals surface area contributed by atoms with Crippen molar-refractivity contribution in [1.29, 1.82) is 0 Å². The van der Waals surface area contributed by atoms with Crippen molar-refractivity contribution in [3.63, 3.8) is 0 Å². The van der Waals surface area contributed by atoms with Crippen LogP contribution < -0.4 is 10.9 Å². The molecule has 10 heteroatoms. The summed E-state index contributed by atoms with van der Waals surface area (Å²) >= 11 is 2.87. The number of benzene rings is 1. The molecule has 1 aliphatic heterocycles. The number of carbonyl (C=O) groups excluding carboxylic acids is 1. The molecule has 8 nitrogen and oxygen atoms in total. The Labute approximate surface area is 180 Å². The number of rotatable bonds is 4. The van der Waals surface area contributed by atoms with Gasteiger partial charge in [0.1, 0.15) is 5.39 Å². The lowest BCUT2D eigenvalue weighted by Crippen LogP contribution is -2.27. The van der Waals surface area contributed by atoms with Gasteiger partial charge in [0.15, 0.2) is 15.9 Å². The molecule has 1 aromatic carbocycles. The normalized spacial score (nSPS) is 15.5. The Balaban J connectivity index is 1.47. The number of thioether (sulfide) groups is 1. The van der Waals surface area contributed by atoms with Gasteiger partial charge >= 0.3 is 0 Å². The summed E-state index contributed by atoms with van der Waals surface area (Å²) in [5, 5.41) is 10.7. The Hall–Kier alpha value is -2.98. The number of nitrogens with zero attached hydrogens (tertiary/aromatic N) is 5. The zero-order chi connectivity index (χ0) is 20.8. The van der Waals surface area contributed by atoms with E-state index >= 15 is 0 Å². The predicted molar refractivity (Wildman–Crippen MR) is 118 cm³/mol. The van der Waals surface area contributed by atoms with Gasteiger partial charge in [-0.1, -0.05) is 23.9 Å². The fourth-order valence-corrected chi connectivity index (χ4v) is 5.36. The molecule has 0 aliphatic carbocycles. The summed E-state index contributed by atoms with van der Waals surface area (Å²) < 4.78 is 3.32. The first-order valence-electron chi connectivity index (χ1n) is 9.41. The smallest absolute Gasteiger partial charge is 0.265 e. The quantitative estimate of drug-likeness (QED) is 0.491. The fourth-order valence-electron chi connectivity index (χ4n) is 3.53.